The lowest BCUT2D eigenvalue weighted by Crippen LogP contribution is -2.39. The number of ether oxygens (including phenoxy) is 1. The summed E-state index contributed by atoms with van der Waals surface area (Å²) in [5.74, 6) is 0.681. The molecular weight excluding hydrogens is 258 g/mol. The minimum Gasteiger partial charge on any atom is -0.491 e. The van der Waals surface area contributed by atoms with Crippen LogP contribution in [0.3, 0.4) is 0 Å². The van der Waals surface area contributed by atoms with Crippen molar-refractivity contribution in [3.63, 3.8) is 0 Å². The van der Waals surface area contributed by atoms with Crippen molar-refractivity contribution in [1.82, 2.24) is 10.2 Å². The van der Waals surface area contributed by atoms with Gasteiger partial charge in [-0.3, -0.25) is 9.69 Å². The van der Waals surface area contributed by atoms with Gasteiger partial charge in [0, 0.05) is 25.3 Å². The first-order valence-electron chi connectivity index (χ1n) is 6.79. The van der Waals surface area contributed by atoms with E-state index in [4.69, 9.17) is 10.5 Å². The number of hydrogen-bond acceptors (Lipinski definition) is 5. The van der Waals surface area contributed by atoms with Crippen LogP contribution in [0.5, 0.6) is 5.75 Å². The third-order valence-electron chi connectivity index (χ3n) is 3.13. The molecule has 1 saturated heterocycles. The average Bonchev–Trinajstić information content (AvgIpc) is 2.62. The van der Waals surface area contributed by atoms with E-state index in [1.54, 1.807) is 24.3 Å². The highest BCUT2D eigenvalue weighted by molar-refractivity contribution is 5.78. The van der Waals surface area contributed by atoms with Crippen LogP contribution >= 0.6 is 0 Å². The van der Waals surface area contributed by atoms with Gasteiger partial charge in [-0.05, 0) is 30.7 Å². The summed E-state index contributed by atoms with van der Waals surface area (Å²) >= 11 is 0. The summed E-state index contributed by atoms with van der Waals surface area (Å²) < 4.78 is 5.49. The molecule has 0 bridgehead atoms. The van der Waals surface area contributed by atoms with Crippen LogP contribution in [0.15, 0.2) is 24.3 Å². The summed E-state index contributed by atoms with van der Waals surface area (Å²) in [5.41, 5.74) is 6.26. The Labute approximate surface area is 118 Å². The van der Waals surface area contributed by atoms with E-state index in [-0.39, 0.29) is 12.5 Å². The number of aliphatic hydroxyl groups excluding tert-OH is 1. The predicted molar refractivity (Wildman–Crippen MR) is 76.4 cm³/mol. The lowest BCUT2D eigenvalue weighted by molar-refractivity contribution is -0.121. The number of nitrogens with one attached hydrogen (secondary N) is 1. The number of nitrogen functional groups attached to an aromatic ring is 1. The number of β-amino-alcohol motifs (C(OH)–C–C–N with tert-alkyl or cyclic N) is 1. The fraction of sp³-hybridized carbons (Fsp3) is 0.500. The second-order valence-corrected chi connectivity index (χ2v) is 4.97. The van der Waals surface area contributed by atoms with Gasteiger partial charge in [0.15, 0.2) is 0 Å². The van der Waals surface area contributed by atoms with Crippen molar-refractivity contribution in [3.05, 3.63) is 24.3 Å². The molecule has 0 aliphatic carbocycles. The fourth-order valence-electron chi connectivity index (χ4n) is 2.13. The summed E-state index contributed by atoms with van der Waals surface area (Å²) in [5, 5.41) is 12.8. The molecule has 1 amide bonds. The highest BCUT2D eigenvalue weighted by Gasteiger charge is 2.17. The highest BCUT2D eigenvalue weighted by atomic mass is 16.5. The molecule has 2 rings (SSSR count). The molecule has 1 aromatic carbocycles. The minimum absolute atomic E-state index is 0.00847. The van der Waals surface area contributed by atoms with Gasteiger partial charge in [-0.1, -0.05) is 0 Å². The van der Waals surface area contributed by atoms with Gasteiger partial charge in [0.05, 0.1) is 6.54 Å². The lowest BCUT2D eigenvalue weighted by Gasteiger charge is -2.22. The van der Waals surface area contributed by atoms with Crippen LogP contribution in [0.4, 0.5) is 5.69 Å². The maximum atomic E-state index is 11.4. The van der Waals surface area contributed by atoms with Gasteiger partial charge >= 0.3 is 0 Å². The third kappa shape index (κ3) is 4.71. The number of anilines is 1. The molecule has 1 fully saturated rings. The lowest BCUT2D eigenvalue weighted by atomic mass is 10.3. The smallest absolute Gasteiger partial charge is 0.234 e. The quantitative estimate of drug-likeness (QED) is 0.651. The molecule has 1 aliphatic heterocycles. The Morgan fingerprint density at radius 1 is 1.40 bits per heavy atom. The van der Waals surface area contributed by atoms with E-state index in [1.165, 1.54) is 0 Å². The Bertz CT molecular complexity index is 436. The second-order valence-electron chi connectivity index (χ2n) is 4.97. The zero-order valence-electron chi connectivity index (χ0n) is 11.4. The number of aliphatic hydroxyl groups is 1. The van der Waals surface area contributed by atoms with E-state index in [0.29, 0.717) is 31.1 Å². The van der Waals surface area contributed by atoms with Crippen molar-refractivity contribution >= 4 is 11.6 Å². The molecule has 1 aromatic rings. The number of hydrogen-bond donors (Lipinski definition) is 3. The molecule has 0 spiro atoms. The van der Waals surface area contributed by atoms with Crippen LogP contribution in [-0.4, -0.2) is 54.8 Å². The van der Waals surface area contributed by atoms with Gasteiger partial charge in [0.2, 0.25) is 5.91 Å². The Morgan fingerprint density at radius 2 is 2.15 bits per heavy atom. The number of amides is 1. The van der Waals surface area contributed by atoms with Crippen LogP contribution in [0.1, 0.15) is 6.42 Å². The normalized spacial score (nSPS) is 18.1. The molecule has 1 aliphatic rings. The van der Waals surface area contributed by atoms with Crippen molar-refractivity contribution in [1.29, 1.82) is 0 Å². The fourth-order valence-corrected chi connectivity index (χ4v) is 2.13. The summed E-state index contributed by atoms with van der Waals surface area (Å²) in [7, 11) is 0. The maximum Gasteiger partial charge on any atom is 0.234 e. The van der Waals surface area contributed by atoms with Gasteiger partial charge in [-0.25, -0.2) is 0 Å². The van der Waals surface area contributed by atoms with Crippen molar-refractivity contribution in [2.75, 3.05) is 38.5 Å². The minimum atomic E-state index is -0.626. The van der Waals surface area contributed by atoms with Gasteiger partial charge in [-0.2, -0.15) is 0 Å². The van der Waals surface area contributed by atoms with E-state index >= 15 is 0 Å². The average molecular weight is 279 g/mol. The van der Waals surface area contributed by atoms with Gasteiger partial charge in [0.25, 0.3) is 0 Å². The van der Waals surface area contributed by atoms with Crippen molar-refractivity contribution in [2.45, 2.75) is 12.5 Å². The number of nitrogens with two attached hydrogens (primary N) is 1. The van der Waals surface area contributed by atoms with E-state index < -0.39 is 6.10 Å². The maximum absolute atomic E-state index is 11.4. The molecule has 0 radical (unpaired) electrons. The number of carbonyl (C=O) groups is 1. The first-order valence-corrected chi connectivity index (χ1v) is 6.79. The van der Waals surface area contributed by atoms with Gasteiger partial charge < -0.3 is 20.9 Å². The molecule has 4 N–H and O–H groups in total. The molecule has 0 aromatic heterocycles. The SMILES string of the molecule is Nc1ccc(OCC(O)CN2CCCNC(=O)C2)cc1. The Kier molecular flexibility index (Phi) is 5.20. The van der Waals surface area contributed by atoms with Crippen molar-refractivity contribution in [3.8, 4) is 5.75 Å². The summed E-state index contributed by atoms with van der Waals surface area (Å²) in [6, 6.07) is 7.03. The largest absolute Gasteiger partial charge is 0.491 e. The van der Waals surface area contributed by atoms with Crippen LogP contribution in [0.25, 0.3) is 0 Å². The number of nitrogens with zero attached hydrogens (tertiary/aromatic N) is 1. The van der Waals surface area contributed by atoms with E-state index in [9.17, 15) is 9.90 Å². The molecule has 1 unspecified atom stereocenters. The van der Waals surface area contributed by atoms with Crippen LogP contribution < -0.4 is 15.8 Å². The van der Waals surface area contributed by atoms with Gasteiger partial charge in [-0.15, -0.1) is 0 Å². The Morgan fingerprint density at radius 3 is 2.90 bits per heavy atom. The molecular formula is C14H21N3O3. The monoisotopic (exact) mass is 279 g/mol. The summed E-state index contributed by atoms with van der Waals surface area (Å²) in [4.78, 5) is 13.4. The first kappa shape index (κ1) is 14.6. The molecule has 1 heterocycles. The second kappa shape index (κ2) is 7.12. The molecule has 1 atom stereocenters. The molecule has 0 saturated carbocycles. The van der Waals surface area contributed by atoms with E-state index in [2.05, 4.69) is 5.32 Å². The first-order chi connectivity index (χ1) is 9.63. The van der Waals surface area contributed by atoms with E-state index in [0.717, 1.165) is 13.0 Å². The number of carbonyl (C=O) groups excluding carboxylic acids is 1. The zero-order chi connectivity index (χ0) is 14.4. The van der Waals surface area contributed by atoms with Crippen LogP contribution in [0.2, 0.25) is 0 Å². The molecule has 20 heavy (non-hydrogen) atoms. The van der Waals surface area contributed by atoms with Gasteiger partial charge in [0.1, 0.15) is 18.5 Å². The summed E-state index contributed by atoms with van der Waals surface area (Å²) in [6.45, 7) is 2.47. The highest BCUT2D eigenvalue weighted by Crippen LogP contribution is 2.13. The molecule has 6 nitrogen and oxygen atoms in total. The van der Waals surface area contributed by atoms with E-state index in [1.807, 2.05) is 4.90 Å². The topological polar surface area (TPSA) is 87.8 Å². The standard InChI is InChI=1S/C14H21N3O3/c15-11-2-4-13(5-3-11)20-10-12(18)8-17-7-1-6-16-14(19)9-17/h2-5,12,18H,1,6-10,15H2,(H,16,19). The van der Waals surface area contributed by atoms with Crippen LogP contribution in [-0.2, 0) is 4.79 Å². The number of benzene rings is 1. The van der Waals surface area contributed by atoms with Crippen LogP contribution in [0, 0.1) is 0 Å². The third-order valence-corrected chi connectivity index (χ3v) is 3.13. The predicted octanol–water partition coefficient (Wildman–Crippen LogP) is -0.170. The number of rotatable bonds is 5. The Hall–Kier alpha value is -1.79. The van der Waals surface area contributed by atoms with Crippen molar-refractivity contribution in [2.24, 2.45) is 0 Å². The summed E-state index contributed by atoms with van der Waals surface area (Å²) in [6.07, 6.45) is 0.274. The Balaban J connectivity index is 1.75. The molecule has 110 valence electrons. The molecule has 6 heteroatoms. The zero-order valence-corrected chi connectivity index (χ0v) is 11.4. The van der Waals surface area contributed by atoms with Crippen molar-refractivity contribution < 1.29 is 14.6 Å².